The van der Waals surface area contributed by atoms with E-state index >= 15 is 8.78 Å². The van der Waals surface area contributed by atoms with Gasteiger partial charge in [0.1, 0.15) is 29.7 Å². The van der Waals surface area contributed by atoms with Gasteiger partial charge in [-0.05, 0) is 72.9 Å². The van der Waals surface area contributed by atoms with Gasteiger partial charge in [0.25, 0.3) is 11.8 Å². The number of nitrogens with one attached hydrogen (secondary N) is 1. The molecule has 3 N–H and O–H groups in total. The third-order valence-electron chi connectivity index (χ3n) is 9.12. The van der Waals surface area contributed by atoms with Crippen LogP contribution in [0.2, 0.25) is 0 Å². The third kappa shape index (κ3) is 6.21. The van der Waals surface area contributed by atoms with Crippen molar-refractivity contribution in [3.8, 4) is 11.1 Å². The zero-order valence-corrected chi connectivity index (χ0v) is 27.8. The largest absolute Gasteiger partial charge is 0.435 e. The minimum Gasteiger partial charge on any atom is -0.366 e. The summed E-state index contributed by atoms with van der Waals surface area (Å²) in [7, 11) is 0. The van der Waals surface area contributed by atoms with Gasteiger partial charge in [-0.2, -0.15) is 27.1 Å². The zero-order valence-electron chi connectivity index (χ0n) is 26.1. The average molecular weight is 753 g/mol. The van der Waals surface area contributed by atoms with Crippen LogP contribution in [0.15, 0.2) is 46.8 Å². The number of hydrogen-bond donors (Lipinski definition) is 2. The lowest BCUT2D eigenvalue weighted by atomic mass is 9.73. The molecule has 1 fully saturated rings. The molecule has 0 saturated heterocycles. The van der Waals surface area contributed by atoms with Gasteiger partial charge in [-0.25, -0.2) is 23.1 Å². The van der Waals surface area contributed by atoms with Gasteiger partial charge in [-0.15, -0.1) is 11.3 Å². The van der Waals surface area contributed by atoms with Crippen LogP contribution in [0.25, 0.3) is 21.5 Å². The number of fused-ring (bicyclic) bond motifs is 4. The van der Waals surface area contributed by atoms with Crippen molar-refractivity contribution in [3.05, 3.63) is 93.7 Å². The average Bonchev–Trinajstić information content (AvgIpc) is 3.64. The maximum Gasteiger partial charge on any atom is 0.435 e. The van der Waals surface area contributed by atoms with Crippen molar-refractivity contribution >= 4 is 45.3 Å². The van der Waals surface area contributed by atoms with Gasteiger partial charge in [0.05, 0.1) is 22.0 Å². The zero-order chi connectivity index (χ0) is 36.6. The molecule has 0 spiro atoms. The molecular formula is C33H24F8N6O2S2. The predicted octanol–water partition coefficient (Wildman–Crippen LogP) is 7.51. The summed E-state index contributed by atoms with van der Waals surface area (Å²) in [6.45, 7) is -1.06. The number of pyridine rings is 1. The number of carbonyl (C=O) groups is 2. The molecule has 0 radical (unpaired) electrons. The molecule has 2 aliphatic carbocycles. The number of amides is 2. The smallest absolute Gasteiger partial charge is 0.366 e. The summed E-state index contributed by atoms with van der Waals surface area (Å²) in [5, 5.41) is 6.03. The fraction of sp³-hybridized carbons (Fsp3) is 0.303. The van der Waals surface area contributed by atoms with Gasteiger partial charge in [-0.1, -0.05) is 17.8 Å². The number of benzene rings is 2. The fourth-order valence-electron chi connectivity index (χ4n) is 6.84. The number of rotatable bonds is 9. The Labute approximate surface area is 291 Å². The first-order valence-corrected chi connectivity index (χ1v) is 17.3. The molecule has 0 bridgehead atoms. The van der Waals surface area contributed by atoms with Gasteiger partial charge < -0.3 is 11.1 Å². The molecule has 7 rings (SSSR count). The molecule has 2 aromatic carbocycles. The Kier molecular flexibility index (Phi) is 8.59. The maximum absolute atomic E-state index is 15.5. The number of aromatic nitrogens is 4. The number of primary amides is 1. The van der Waals surface area contributed by atoms with Crippen molar-refractivity contribution in [2.24, 2.45) is 11.7 Å². The van der Waals surface area contributed by atoms with Gasteiger partial charge in [0, 0.05) is 23.1 Å². The maximum atomic E-state index is 15.5. The van der Waals surface area contributed by atoms with Crippen molar-refractivity contribution < 1.29 is 44.7 Å². The highest BCUT2D eigenvalue weighted by atomic mass is 32.2. The third-order valence-corrected chi connectivity index (χ3v) is 11.1. The Hall–Kier alpha value is -4.58. The molecule has 3 atom stereocenters. The molecule has 1 saturated carbocycles. The summed E-state index contributed by atoms with van der Waals surface area (Å²) >= 11 is 2.55. The number of nitrogens with two attached hydrogens (primary N) is 1. The lowest BCUT2D eigenvalue weighted by Crippen LogP contribution is -2.36. The van der Waals surface area contributed by atoms with Crippen LogP contribution in [0.1, 0.15) is 63.4 Å². The molecule has 266 valence electrons. The summed E-state index contributed by atoms with van der Waals surface area (Å²) in [5.41, 5.74) is 2.48. The van der Waals surface area contributed by atoms with E-state index in [4.69, 9.17) is 5.73 Å². The standard InChI is InChI=1S/C33H24F8N6O2S2/c1-50-31-45-30-23(51-31)11-18(14-2-5-21(36)19(9-14)29(42)49)26(44-30)22(8-13-6-15(34)10-16(35)7-13)43-24(48)12-47-28-25(27(46-47)33(39,40)41)17-3-4-20(17)32(28,37)38/h2,5-7,9-11,17,20,22H,3-4,8,12H2,1H3,(H2,42,49)(H,43,48)/t17-,20+,22?/m0/s1. The van der Waals surface area contributed by atoms with Crippen LogP contribution in [0.4, 0.5) is 35.1 Å². The van der Waals surface area contributed by atoms with Crippen LogP contribution in [0, 0.1) is 23.4 Å². The first kappa shape index (κ1) is 34.9. The second kappa shape index (κ2) is 12.6. The Morgan fingerprint density at radius 1 is 1.08 bits per heavy atom. The second-order valence-electron chi connectivity index (χ2n) is 12.3. The number of nitrogens with zero attached hydrogens (tertiary/aromatic N) is 4. The summed E-state index contributed by atoms with van der Waals surface area (Å²) < 4.78 is 118. The Morgan fingerprint density at radius 3 is 2.43 bits per heavy atom. The topological polar surface area (TPSA) is 116 Å². The van der Waals surface area contributed by atoms with Crippen LogP contribution in [-0.2, 0) is 29.9 Å². The minimum atomic E-state index is -5.06. The SMILES string of the molecule is CSc1nc2nc(C(Cc3cc(F)cc(F)c3)NC(=O)Cn3nc(C(F)(F)F)c4c3C(F)(F)[C@@H]3CC[C@H]43)c(-c3ccc(F)c(C(N)=O)c3)cc2s1. The number of thioether (sulfide) groups is 1. The summed E-state index contributed by atoms with van der Waals surface area (Å²) in [4.78, 5) is 34.8. The van der Waals surface area contributed by atoms with E-state index in [0.717, 1.165) is 24.3 Å². The lowest BCUT2D eigenvalue weighted by Gasteiger charge is -2.34. The van der Waals surface area contributed by atoms with E-state index < -0.39 is 88.3 Å². The highest BCUT2D eigenvalue weighted by Gasteiger charge is 2.63. The quantitative estimate of drug-likeness (QED) is 0.119. The molecule has 51 heavy (non-hydrogen) atoms. The molecule has 1 unspecified atom stereocenters. The first-order valence-electron chi connectivity index (χ1n) is 15.3. The molecule has 5 aromatic rings. The molecule has 0 aliphatic heterocycles. The number of alkyl halides is 5. The van der Waals surface area contributed by atoms with Crippen molar-refractivity contribution in [3.63, 3.8) is 0 Å². The number of halogens is 8. The Morgan fingerprint density at radius 2 is 1.80 bits per heavy atom. The van der Waals surface area contributed by atoms with E-state index in [-0.39, 0.29) is 47.3 Å². The van der Waals surface area contributed by atoms with E-state index in [0.29, 0.717) is 19.8 Å². The van der Waals surface area contributed by atoms with E-state index in [1.807, 2.05) is 0 Å². The minimum absolute atomic E-state index is 0.00514. The molecule has 3 aromatic heterocycles. The van der Waals surface area contributed by atoms with Crippen molar-refractivity contribution in [2.75, 3.05) is 6.26 Å². The van der Waals surface area contributed by atoms with Gasteiger partial charge in [-0.3, -0.25) is 14.3 Å². The van der Waals surface area contributed by atoms with Crippen LogP contribution >= 0.6 is 23.1 Å². The second-order valence-corrected chi connectivity index (χ2v) is 14.4. The molecule has 3 heterocycles. The van der Waals surface area contributed by atoms with Crippen molar-refractivity contribution in [1.82, 2.24) is 25.1 Å². The van der Waals surface area contributed by atoms with Gasteiger partial charge in [0.2, 0.25) is 5.91 Å². The molecule has 2 aliphatic rings. The van der Waals surface area contributed by atoms with Crippen LogP contribution in [0.3, 0.4) is 0 Å². The van der Waals surface area contributed by atoms with E-state index in [9.17, 15) is 35.9 Å². The monoisotopic (exact) mass is 752 g/mol. The number of carbonyl (C=O) groups excluding carboxylic acids is 2. The predicted molar refractivity (Wildman–Crippen MR) is 171 cm³/mol. The molecular weight excluding hydrogens is 729 g/mol. The summed E-state index contributed by atoms with van der Waals surface area (Å²) in [5.74, 6) is -11.0. The van der Waals surface area contributed by atoms with Gasteiger partial charge in [0.15, 0.2) is 15.7 Å². The fourth-order valence-corrected chi connectivity index (χ4v) is 8.30. The summed E-state index contributed by atoms with van der Waals surface area (Å²) in [6, 6.07) is 6.33. The molecule has 8 nitrogen and oxygen atoms in total. The van der Waals surface area contributed by atoms with Gasteiger partial charge >= 0.3 is 6.18 Å². The highest BCUT2D eigenvalue weighted by Crippen LogP contribution is 2.64. The first-order chi connectivity index (χ1) is 24.0. The molecule has 18 heteroatoms. The van der Waals surface area contributed by atoms with E-state index in [1.165, 1.54) is 29.2 Å². The summed E-state index contributed by atoms with van der Waals surface area (Å²) in [6.07, 6.45) is -3.53. The Balaban J connectivity index is 1.34. The van der Waals surface area contributed by atoms with Crippen LogP contribution in [-0.4, -0.2) is 37.8 Å². The van der Waals surface area contributed by atoms with Crippen LogP contribution < -0.4 is 11.1 Å². The molecule has 2 amide bonds. The van der Waals surface area contributed by atoms with Crippen molar-refractivity contribution in [1.29, 1.82) is 0 Å². The Bertz CT molecular complexity index is 2220. The highest BCUT2D eigenvalue weighted by molar-refractivity contribution is 8.00. The van der Waals surface area contributed by atoms with E-state index in [1.54, 1.807) is 12.3 Å². The van der Waals surface area contributed by atoms with Crippen LogP contribution in [0.5, 0.6) is 0 Å². The number of thiazole rings is 1. The van der Waals surface area contributed by atoms with E-state index in [2.05, 4.69) is 20.4 Å². The normalized spacial score (nSPS) is 18.3. The van der Waals surface area contributed by atoms with Crippen molar-refractivity contribution in [2.45, 2.75) is 54.2 Å². The lowest BCUT2D eigenvalue weighted by molar-refractivity contribution is -0.144. The number of hydrogen-bond acceptors (Lipinski definition) is 7.